The van der Waals surface area contributed by atoms with Gasteiger partial charge in [0.05, 0.1) is 6.61 Å². The van der Waals surface area contributed by atoms with Crippen LogP contribution in [0.15, 0.2) is 60.7 Å². The first kappa shape index (κ1) is 15.8. The molecule has 0 unspecified atom stereocenters. The maximum Gasteiger partial charge on any atom is 0.328 e. The van der Waals surface area contributed by atoms with Crippen molar-refractivity contribution in [3.63, 3.8) is 0 Å². The highest BCUT2D eigenvalue weighted by Gasteiger charge is 2.22. The standard InChI is InChI=1S/C18H19NO3/c1-2-22-18(21)16(13-14-9-5-3-6-10-14)19-17(20)15-11-7-4-8-12-15/h3-12,16H,2,13H2,1H3,(H,19,20)/t16-/m1/s1. The summed E-state index contributed by atoms with van der Waals surface area (Å²) in [6.45, 7) is 2.03. The lowest BCUT2D eigenvalue weighted by molar-refractivity contribution is -0.145. The van der Waals surface area contributed by atoms with Gasteiger partial charge in [0.25, 0.3) is 5.91 Å². The Bertz CT molecular complexity index is 611. The maximum atomic E-state index is 12.2. The molecule has 0 saturated heterocycles. The van der Waals surface area contributed by atoms with Crippen molar-refractivity contribution in [1.29, 1.82) is 0 Å². The summed E-state index contributed by atoms with van der Waals surface area (Å²) in [4.78, 5) is 24.3. The summed E-state index contributed by atoms with van der Waals surface area (Å²) >= 11 is 0. The Hall–Kier alpha value is -2.62. The average Bonchev–Trinajstić information content (AvgIpc) is 2.56. The van der Waals surface area contributed by atoms with Crippen LogP contribution in [0.1, 0.15) is 22.8 Å². The third-order valence-electron chi connectivity index (χ3n) is 3.20. The van der Waals surface area contributed by atoms with Gasteiger partial charge >= 0.3 is 5.97 Å². The predicted octanol–water partition coefficient (Wildman–Crippen LogP) is 2.59. The molecule has 0 bridgehead atoms. The van der Waals surface area contributed by atoms with Crippen LogP contribution in [-0.2, 0) is 16.0 Å². The second kappa shape index (κ2) is 7.98. The number of benzene rings is 2. The van der Waals surface area contributed by atoms with Crippen molar-refractivity contribution >= 4 is 11.9 Å². The number of carbonyl (C=O) groups is 2. The molecule has 2 rings (SSSR count). The van der Waals surface area contributed by atoms with Gasteiger partial charge < -0.3 is 10.1 Å². The Morgan fingerprint density at radius 2 is 1.59 bits per heavy atom. The lowest BCUT2D eigenvalue weighted by atomic mass is 10.1. The molecular weight excluding hydrogens is 278 g/mol. The molecule has 0 spiro atoms. The predicted molar refractivity (Wildman–Crippen MR) is 84.5 cm³/mol. The van der Waals surface area contributed by atoms with Gasteiger partial charge in [-0.25, -0.2) is 4.79 Å². The first-order valence-corrected chi connectivity index (χ1v) is 7.27. The first-order valence-electron chi connectivity index (χ1n) is 7.27. The minimum absolute atomic E-state index is 0.283. The van der Waals surface area contributed by atoms with Gasteiger partial charge in [0.1, 0.15) is 6.04 Å². The lowest BCUT2D eigenvalue weighted by Gasteiger charge is -2.17. The van der Waals surface area contributed by atoms with E-state index in [0.717, 1.165) is 5.56 Å². The molecule has 0 heterocycles. The minimum Gasteiger partial charge on any atom is -0.464 e. The van der Waals surface area contributed by atoms with Gasteiger partial charge in [0.15, 0.2) is 0 Å². The smallest absolute Gasteiger partial charge is 0.328 e. The van der Waals surface area contributed by atoms with Crippen LogP contribution in [0.5, 0.6) is 0 Å². The third-order valence-corrected chi connectivity index (χ3v) is 3.20. The quantitative estimate of drug-likeness (QED) is 0.834. The Labute approximate surface area is 130 Å². The van der Waals surface area contributed by atoms with Crippen LogP contribution in [0.4, 0.5) is 0 Å². The van der Waals surface area contributed by atoms with Crippen molar-refractivity contribution in [2.45, 2.75) is 19.4 Å². The zero-order valence-corrected chi connectivity index (χ0v) is 12.5. The molecule has 4 nitrogen and oxygen atoms in total. The summed E-state index contributed by atoms with van der Waals surface area (Å²) in [5.74, 6) is -0.704. The maximum absolute atomic E-state index is 12.2. The fourth-order valence-electron chi connectivity index (χ4n) is 2.12. The van der Waals surface area contributed by atoms with Crippen LogP contribution >= 0.6 is 0 Å². The Balaban J connectivity index is 2.11. The molecular formula is C18H19NO3. The van der Waals surface area contributed by atoms with Gasteiger partial charge in [0.2, 0.25) is 0 Å². The van der Waals surface area contributed by atoms with Crippen molar-refractivity contribution < 1.29 is 14.3 Å². The number of nitrogens with one attached hydrogen (secondary N) is 1. The fourth-order valence-corrected chi connectivity index (χ4v) is 2.12. The number of amides is 1. The fraction of sp³-hybridized carbons (Fsp3) is 0.222. The van der Waals surface area contributed by atoms with E-state index in [-0.39, 0.29) is 12.5 Å². The Kier molecular flexibility index (Phi) is 5.72. The lowest BCUT2D eigenvalue weighted by Crippen LogP contribution is -2.43. The number of hydrogen-bond donors (Lipinski definition) is 1. The number of hydrogen-bond acceptors (Lipinski definition) is 3. The Morgan fingerprint density at radius 3 is 2.18 bits per heavy atom. The monoisotopic (exact) mass is 297 g/mol. The van der Waals surface area contributed by atoms with E-state index in [1.54, 1.807) is 31.2 Å². The molecule has 0 aliphatic carbocycles. The van der Waals surface area contributed by atoms with E-state index in [2.05, 4.69) is 5.32 Å². The van der Waals surface area contributed by atoms with Crippen LogP contribution in [-0.4, -0.2) is 24.5 Å². The van der Waals surface area contributed by atoms with Gasteiger partial charge in [0, 0.05) is 12.0 Å². The van der Waals surface area contributed by atoms with Crippen LogP contribution in [0.3, 0.4) is 0 Å². The number of ether oxygens (including phenoxy) is 1. The molecule has 0 aliphatic heterocycles. The van der Waals surface area contributed by atoms with Crippen molar-refractivity contribution in [3.05, 3.63) is 71.8 Å². The van der Waals surface area contributed by atoms with Crippen LogP contribution < -0.4 is 5.32 Å². The third kappa shape index (κ3) is 4.45. The van der Waals surface area contributed by atoms with E-state index in [1.165, 1.54) is 0 Å². The molecule has 0 fully saturated rings. The topological polar surface area (TPSA) is 55.4 Å². The molecule has 4 heteroatoms. The summed E-state index contributed by atoms with van der Waals surface area (Å²) in [6.07, 6.45) is 0.401. The molecule has 2 aromatic carbocycles. The minimum atomic E-state index is -0.699. The molecule has 1 amide bonds. The SMILES string of the molecule is CCOC(=O)[C@@H](Cc1ccccc1)NC(=O)c1ccccc1. The summed E-state index contributed by atoms with van der Waals surface area (Å²) in [5, 5.41) is 2.75. The zero-order valence-electron chi connectivity index (χ0n) is 12.5. The van der Waals surface area contributed by atoms with Crippen LogP contribution in [0.2, 0.25) is 0 Å². The number of rotatable bonds is 6. The first-order chi connectivity index (χ1) is 10.7. The van der Waals surface area contributed by atoms with Crippen LogP contribution in [0.25, 0.3) is 0 Å². The highest BCUT2D eigenvalue weighted by Crippen LogP contribution is 2.07. The van der Waals surface area contributed by atoms with Crippen molar-refractivity contribution in [3.8, 4) is 0 Å². The van der Waals surface area contributed by atoms with E-state index < -0.39 is 12.0 Å². The zero-order chi connectivity index (χ0) is 15.8. The van der Waals surface area contributed by atoms with Crippen molar-refractivity contribution in [2.75, 3.05) is 6.61 Å². The molecule has 22 heavy (non-hydrogen) atoms. The molecule has 114 valence electrons. The van der Waals surface area contributed by atoms with E-state index in [1.807, 2.05) is 36.4 Å². The largest absolute Gasteiger partial charge is 0.464 e. The molecule has 0 aromatic heterocycles. The van der Waals surface area contributed by atoms with Crippen molar-refractivity contribution in [2.24, 2.45) is 0 Å². The molecule has 0 saturated carbocycles. The molecule has 0 radical (unpaired) electrons. The Morgan fingerprint density at radius 1 is 1.00 bits per heavy atom. The van der Waals surface area contributed by atoms with E-state index in [0.29, 0.717) is 12.0 Å². The second-order valence-corrected chi connectivity index (χ2v) is 4.83. The van der Waals surface area contributed by atoms with Gasteiger partial charge in [-0.15, -0.1) is 0 Å². The number of carbonyl (C=O) groups excluding carboxylic acids is 2. The highest BCUT2D eigenvalue weighted by atomic mass is 16.5. The van der Waals surface area contributed by atoms with Gasteiger partial charge in [-0.3, -0.25) is 4.79 Å². The van der Waals surface area contributed by atoms with Gasteiger partial charge in [-0.05, 0) is 24.6 Å². The molecule has 1 N–H and O–H groups in total. The van der Waals surface area contributed by atoms with Gasteiger partial charge in [-0.2, -0.15) is 0 Å². The van der Waals surface area contributed by atoms with Crippen LogP contribution in [0, 0.1) is 0 Å². The molecule has 2 aromatic rings. The van der Waals surface area contributed by atoms with E-state index in [9.17, 15) is 9.59 Å². The van der Waals surface area contributed by atoms with E-state index in [4.69, 9.17) is 4.74 Å². The van der Waals surface area contributed by atoms with E-state index >= 15 is 0 Å². The summed E-state index contributed by atoms with van der Waals surface area (Å²) in [7, 11) is 0. The second-order valence-electron chi connectivity index (χ2n) is 4.83. The summed E-state index contributed by atoms with van der Waals surface area (Å²) in [6, 6.07) is 17.7. The summed E-state index contributed by atoms with van der Waals surface area (Å²) in [5.41, 5.74) is 1.48. The van der Waals surface area contributed by atoms with Gasteiger partial charge in [-0.1, -0.05) is 48.5 Å². The molecule has 1 atom stereocenters. The molecule has 0 aliphatic rings. The average molecular weight is 297 g/mol. The normalized spacial score (nSPS) is 11.5. The highest BCUT2D eigenvalue weighted by molar-refractivity contribution is 5.96. The van der Waals surface area contributed by atoms with Crippen molar-refractivity contribution in [1.82, 2.24) is 5.32 Å². The number of esters is 1. The summed E-state index contributed by atoms with van der Waals surface area (Å²) < 4.78 is 5.06.